The van der Waals surface area contributed by atoms with E-state index in [9.17, 15) is 9.59 Å². The molecule has 2 rings (SSSR count). The van der Waals surface area contributed by atoms with Crippen LogP contribution in [-0.2, 0) is 11.2 Å². The van der Waals surface area contributed by atoms with Gasteiger partial charge in [0.25, 0.3) is 0 Å². The van der Waals surface area contributed by atoms with Gasteiger partial charge < -0.3 is 14.7 Å². The Morgan fingerprint density at radius 1 is 1.04 bits per heavy atom. The number of carbonyl (C=O) groups excluding carboxylic acids is 1. The lowest BCUT2D eigenvalue weighted by Gasteiger charge is -2.17. The number of benzene rings is 2. The van der Waals surface area contributed by atoms with Crippen LogP contribution in [0.3, 0.4) is 0 Å². The highest BCUT2D eigenvalue weighted by atomic mass is 16.5. The number of nitrogens with zero attached hydrogens (tertiary/aromatic N) is 1. The highest BCUT2D eigenvalue weighted by Gasteiger charge is 2.09. The molecule has 5 heteroatoms. The van der Waals surface area contributed by atoms with Gasteiger partial charge >= 0.3 is 5.97 Å². The normalized spacial score (nSPS) is 10.2. The van der Waals surface area contributed by atoms with Crippen molar-refractivity contribution in [1.29, 1.82) is 0 Å². The molecule has 0 spiro atoms. The van der Waals surface area contributed by atoms with Crippen LogP contribution in [0.4, 0.5) is 0 Å². The summed E-state index contributed by atoms with van der Waals surface area (Å²) in [6, 6.07) is 16.1. The minimum Gasteiger partial charge on any atom is -0.492 e. The third kappa shape index (κ3) is 5.43. The van der Waals surface area contributed by atoms with Crippen LogP contribution < -0.4 is 4.74 Å². The number of carboxylic acid groups (broad SMARTS) is 1. The fourth-order valence-electron chi connectivity index (χ4n) is 2.20. The van der Waals surface area contributed by atoms with E-state index in [1.165, 1.54) is 0 Å². The van der Waals surface area contributed by atoms with Crippen LogP contribution in [-0.4, -0.2) is 42.1 Å². The molecule has 0 atom stereocenters. The lowest BCUT2D eigenvalue weighted by Crippen LogP contribution is -2.31. The van der Waals surface area contributed by atoms with Crippen LogP contribution in [0, 0.1) is 0 Å². The molecule has 0 aliphatic heterocycles. The van der Waals surface area contributed by atoms with Gasteiger partial charge in [-0.3, -0.25) is 4.79 Å². The van der Waals surface area contributed by atoms with Crippen molar-refractivity contribution in [2.75, 3.05) is 20.2 Å². The molecule has 5 nitrogen and oxygen atoms in total. The first-order valence-corrected chi connectivity index (χ1v) is 7.80. The number of carboxylic acids is 1. The second-order valence-corrected chi connectivity index (χ2v) is 5.48. The number of carbonyl (C=O) groups is 2. The molecule has 2 aromatic rings. The predicted octanol–water partition coefficient (Wildman–Crippen LogP) is 2.85. The second kappa shape index (κ2) is 8.72. The molecule has 0 radical (unpaired) electrons. The SMILES string of the molecule is CN(CCOc1ccccc1)C(=O)CCc1ccc(C(=O)O)cc1. The molecule has 0 fully saturated rings. The van der Waals surface area contributed by atoms with Gasteiger partial charge in [-0.1, -0.05) is 30.3 Å². The first kappa shape index (κ1) is 17.5. The van der Waals surface area contributed by atoms with Crippen molar-refractivity contribution in [3.05, 3.63) is 65.7 Å². The van der Waals surface area contributed by atoms with Gasteiger partial charge in [0.05, 0.1) is 12.1 Å². The fraction of sp³-hybridized carbons (Fsp3) is 0.263. The molecule has 0 aromatic heterocycles. The zero-order valence-electron chi connectivity index (χ0n) is 13.6. The average molecular weight is 327 g/mol. The Morgan fingerprint density at radius 3 is 2.33 bits per heavy atom. The van der Waals surface area contributed by atoms with Crippen LogP contribution >= 0.6 is 0 Å². The van der Waals surface area contributed by atoms with Gasteiger partial charge in [-0.2, -0.15) is 0 Å². The van der Waals surface area contributed by atoms with E-state index in [2.05, 4.69) is 0 Å². The maximum atomic E-state index is 12.1. The molecule has 0 heterocycles. The van der Waals surface area contributed by atoms with Gasteiger partial charge in [0.15, 0.2) is 0 Å². The number of hydrogen-bond donors (Lipinski definition) is 1. The third-order valence-corrected chi connectivity index (χ3v) is 3.69. The third-order valence-electron chi connectivity index (χ3n) is 3.69. The van der Waals surface area contributed by atoms with Crippen molar-refractivity contribution in [2.45, 2.75) is 12.8 Å². The van der Waals surface area contributed by atoms with Gasteiger partial charge in [0.1, 0.15) is 12.4 Å². The number of para-hydroxylation sites is 1. The van der Waals surface area contributed by atoms with Crippen molar-refractivity contribution in [2.24, 2.45) is 0 Å². The maximum Gasteiger partial charge on any atom is 0.335 e. The number of likely N-dealkylation sites (N-methyl/N-ethyl adjacent to an activating group) is 1. The quantitative estimate of drug-likeness (QED) is 0.809. The first-order valence-electron chi connectivity index (χ1n) is 7.80. The zero-order valence-corrected chi connectivity index (χ0v) is 13.6. The van der Waals surface area contributed by atoms with E-state index >= 15 is 0 Å². The van der Waals surface area contributed by atoms with E-state index in [-0.39, 0.29) is 11.5 Å². The Bertz CT molecular complexity index is 668. The molecular weight excluding hydrogens is 306 g/mol. The van der Waals surface area contributed by atoms with Gasteiger partial charge in [0.2, 0.25) is 5.91 Å². The Balaban J connectivity index is 1.72. The lowest BCUT2D eigenvalue weighted by molar-refractivity contribution is -0.130. The summed E-state index contributed by atoms with van der Waals surface area (Å²) in [5.74, 6) is -0.124. The van der Waals surface area contributed by atoms with Crippen LogP contribution in [0.1, 0.15) is 22.3 Å². The van der Waals surface area contributed by atoms with E-state index in [0.29, 0.717) is 26.0 Å². The summed E-state index contributed by atoms with van der Waals surface area (Å²) < 4.78 is 5.58. The Labute approximate surface area is 141 Å². The van der Waals surface area contributed by atoms with Gasteiger partial charge in [-0.15, -0.1) is 0 Å². The summed E-state index contributed by atoms with van der Waals surface area (Å²) in [4.78, 5) is 24.6. The molecule has 0 unspecified atom stereocenters. The number of rotatable bonds is 8. The second-order valence-electron chi connectivity index (χ2n) is 5.48. The molecular formula is C19H21NO4. The molecule has 1 N–H and O–H groups in total. The van der Waals surface area contributed by atoms with Gasteiger partial charge in [-0.25, -0.2) is 4.79 Å². The standard InChI is InChI=1S/C19H21NO4/c1-20(13-14-24-17-5-3-2-4-6-17)18(21)12-9-15-7-10-16(11-8-15)19(22)23/h2-8,10-11H,9,12-14H2,1H3,(H,22,23). The smallest absolute Gasteiger partial charge is 0.335 e. The fourth-order valence-corrected chi connectivity index (χ4v) is 2.20. The predicted molar refractivity (Wildman–Crippen MR) is 91.3 cm³/mol. The molecule has 0 bridgehead atoms. The summed E-state index contributed by atoms with van der Waals surface area (Å²) in [6.45, 7) is 0.964. The summed E-state index contributed by atoms with van der Waals surface area (Å²) in [5.41, 5.74) is 1.20. The van der Waals surface area contributed by atoms with Crippen LogP contribution in [0.5, 0.6) is 5.75 Å². The van der Waals surface area contributed by atoms with E-state index in [4.69, 9.17) is 9.84 Å². The minimum atomic E-state index is -0.948. The highest BCUT2D eigenvalue weighted by Crippen LogP contribution is 2.09. The van der Waals surface area contributed by atoms with E-state index < -0.39 is 5.97 Å². The van der Waals surface area contributed by atoms with E-state index in [0.717, 1.165) is 11.3 Å². The van der Waals surface area contributed by atoms with Crippen molar-refractivity contribution in [3.8, 4) is 5.75 Å². The van der Waals surface area contributed by atoms with Crippen molar-refractivity contribution < 1.29 is 19.4 Å². The van der Waals surface area contributed by atoms with Crippen LogP contribution in [0.15, 0.2) is 54.6 Å². The number of ether oxygens (including phenoxy) is 1. The molecule has 24 heavy (non-hydrogen) atoms. The Kier molecular flexibility index (Phi) is 6.37. The first-order chi connectivity index (χ1) is 11.6. The Morgan fingerprint density at radius 2 is 1.71 bits per heavy atom. The Hall–Kier alpha value is -2.82. The van der Waals surface area contributed by atoms with Crippen molar-refractivity contribution >= 4 is 11.9 Å². The number of aromatic carboxylic acids is 1. The molecule has 126 valence electrons. The molecule has 1 amide bonds. The zero-order chi connectivity index (χ0) is 17.4. The largest absolute Gasteiger partial charge is 0.492 e. The van der Waals surface area contributed by atoms with E-state index in [1.54, 1.807) is 36.2 Å². The summed E-state index contributed by atoms with van der Waals surface area (Å²) in [7, 11) is 1.75. The molecule has 0 aliphatic carbocycles. The topological polar surface area (TPSA) is 66.8 Å². The van der Waals surface area contributed by atoms with Crippen LogP contribution in [0.2, 0.25) is 0 Å². The summed E-state index contributed by atoms with van der Waals surface area (Å²) in [5, 5.41) is 8.86. The molecule has 2 aromatic carbocycles. The number of aryl methyl sites for hydroxylation is 1. The summed E-state index contributed by atoms with van der Waals surface area (Å²) in [6.07, 6.45) is 0.969. The van der Waals surface area contributed by atoms with Crippen molar-refractivity contribution in [1.82, 2.24) is 4.90 Å². The van der Waals surface area contributed by atoms with Crippen molar-refractivity contribution in [3.63, 3.8) is 0 Å². The number of hydrogen-bond acceptors (Lipinski definition) is 3. The van der Waals surface area contributed by atoms with Gasteiger partial charge in [-0.05, 0) is 36.2 Å². The monoisotopic (exact) mass is 327 g/mol. The summed E-state index contributed by atoms with van der Waals surface area (Å²) >= 11 is 0. The molecule has 0 saturated carbocycles. The highest BCUT2D eigenvalue weighted by molar-refractivity contribution is 5.87. The van der Waals surface area contributed by atoms with E-state index in [1.807, 2.05) is 30.3 Å². The van der Waals surface area contributed by atoms with Crippen LogP contribution in [0.25, 0.3) is 0 Å². The average Bonchev–Trinajstić information content (AvgIpc) is 2.60. The minimum absolute atomic E-state index is 0.0361. The molecule has 0 aliphatic rings. The number of amides is 1. The lowest BCUT2D eigenvalue weighted by atomic mass is 10.1. The van der Waals surface area contributed by atoms with Gasteiger partial charge in [0, 0.05) is 13.5 Å². The maximum absolute atomic E-state index is 12.1. The molecule has 0 saturated heterocycles.